The van der Waals surface area contributed by atoms with Gasteiger partial charge >= 0.3 is 0 Å². The molecule has 0 spiro atoms. The molecule has 0 amide bonds. The highest BCUT2D eigenvalue weighted by Gasteiger charge is 2.28. The fourth-order valence-electron chi connectivity index (χ4n) is 1.90. The summed E-state index contributed by atoms with van der Waals surface area (Å²) in [5, 5.41) is 9.01. The lowest BCUT2D eigenvalue weighted by Crippen LogP contribution is -2.23. The van der Waals surface area contributed by atoms with E-state index in [1.807, 2.05) is 0 Å². The first-order chi connectivity index (χ1) is 5.61. The first-order valence-corrected chi connectivity index (χ1v) is 4.40. The summed E-state index contributed by atoms with van der Waals surface area (Å²) >= 11 is 0. The second-order valence-corrected chi connectivity index (χ2v) is 4.03. The van der Waals surface area contributed by atoms with Crippen LogP contribution in [0.5, 0.6) is 0 Å². The minimum Gasteiger partial charge on any atom is -0.392 e. The number of aliphatic hydroxyl groups is 1. The number of hydrogen-bond donors (Lipinski definition) is 1. The summed E-state index contributed by atoms with van der Waals surface area (Å²) in [6.45, 7) is 4.16. The van der Waals surface area contributed by atoms with Crippen LogP contribution in [0, 0.1) is 5.41 Å². The van der Waals surface area contributed by atoms with Crippen molar-refractivity contribution in [3.63, 3.8) is 0 Å². The van der Waals surface area contributed by atoms with Crippen molar-refractivity contribution in [3.05, 3.63) is 11.1 Å². The Morgan fingerprint density at radius 1 is 1.58 bits per heavy atom. The topological polar surface area (TPSA) is 37.3 Å². The third kappa shape index (κ3) is 1.58. The summed E-state index contributed by atoms with van der Waals surface area (Å²) in [6, 6.07) is 0. The smallest absolute Gasteiger partial charge is 0.146 e. The van der Waals surface area contributed by atoms with E-state index in [0.29, 0.717) is 0 Å². The molecule has 0 atom stereocenters. The zero-order valence-corrected chi connectivity index (χ0v) is 7.76. The highest BCUT2D eigenvalue weighted by atomic mass is 16.3. The van der Waals surface area contributed by atoms with Crippen LogP contribution in [-0.4, -0.2) is 18.0 Å². The summed E-state index contributed by atoms with van der Waals surface area (Å²) < 4.78 is 0. The third-order valence-electron chi connectivity index (χ3n) is 2.70. The zero-order chi connectivity index (χ0) is 9.19. The van der Waals surface area contributed by atoms with Gasteiger partial charge in [-0.2, -0.15) is 0 Å². The van der Waals surface area contributed by atoms with Crippen LogP contribution in [0.15, 0.2) is 11.1 Å². The molecule has 2 heteroatoms. The molecule has 0 bridgehead atoms. The summed E-state index contributed by atoms with van der Waals surface area (Å²) in [5.41, 5.74) is 1.72. The summed E-state index contributed by atoms with van der Waals surface area (Å²) in [7, 11) is 0. The monoisotopic (exact) mass is 168 g/mol. The largest absolute Gasteiger partial charge is 0.392 e. The average Bonchev–Trinajstić information content (AvgIpc) is 2.02. The van der Waals surface area contributed by atoms with Crippen LogP contribution in [0.3, 0.4) is 0 Å². The molecule has 0 unspecified atom stereocenters. The zero-order valence-electron chi connectivity index (χ0n) is 7.76. The molecule has 0 heterocycles. The number of carbonyl (C=O) groups excluding carboxylic acids is 1. The SMILES string of the molecule is CC1(C)CCCC(CO)=C1C=O. The predicted molar refractivity (Wildman–Crippen MR) is 47.8 cm³/mol. The molecule has 0 aromatic heterocycles. The maximum atomic E-state index is 10.8. The summed E-state index contributed by atoms with van der Waals surface area (Å²) in [4.78, 5) is 10.8. The molecule has 0 aromatic rings. The van der Waals surface area contributed by atoms with Crippen molar-refractivity contribution in [2.24, 2.45) is 5.41 Å². The van der Waals surface area contributed by atoms with Gasteiger partial charge in [-0.1, -0.05) is 13.8 Å². The van der Waals surface area contributed by atoms with Crippen molar-refractivity contribution >= 4 is 6.29 Å². The van der Waals surface area contributed by atoms with E-state index in [-0.39, 0.29) is 12.0 Å². The molecule has 1 rings (SSSR count). The van der Waals surface area contributed by atoms with Crippen molar-refractivity contribution in [2.75, 3.05) is 6.61 Å². The van der Waals surface area contributed by atoms with Crippen molar-refractivity contribution in [1.29, 1.82) is 0 Å². The molecule has 1 aliphatic carbocycles. The molecule has 0 aliphatic heterocycles. The quantitative estimate of drug-likeness (QED) is 0.637. The molecule has 68 valence electrons. The van der Waals surface area contributed by atoms with Gasteiger partial charge in [-0.3, -0.25) is 4.79 Å². The standard InChI is InChI=1S/C10H16O2/c1-10(2)5-3-4-8(6-11)9(10)7-12/h7,11H,3-6H2,1-2H3. The fourth-order valence-corrected chi connectivity index (χ4v) is 1.90. The Labute approximate surface area is 73.3 Å². The Kier molecular flexibility index (Phi) is 2.68. The van der Waals surface area contributed by atoms with Crippen LogP contribution < -0.4 is 0 Å². The van der Waals surface area contributed by atoms with Crippen LogP contribution in [0.2, 0.25) is 0 Å². The van der Waals surface area contributed by atoms with Crippen LogP contribution in [0.25, 0.3) is 0 Å². The van der Waals surface area contributed by atoms with E-state index in [9.17, 15) is 4.79 Å². The molecule has 0 fully saturated rings. The number of carbonyl (C=O) groups is 1. The van der Waals surface area contributed by atoms with Gasteiger partial charge in [0.05, 0.1) is 6.61 Å². The number of rotatable bonds is 2. The van der Waals surface area contributed by atoms with E-state index in [4.69, 9.17) is 5.11 Å². The highest BCUT2D eigenvalue weighted by molar-refractivity contribution is 5.77. The van der Waals surface area contributed by atoms with Crippen LogP contribution in [0.1, 0.15) is 33.1 Å². The van der Waals surface area contributed by atoms with Gasteiger partial charge in [-0.05, 0) is 35.8 Å². The Bertz CT molecular complexity index is 214. The second kappa shape index (κ2) is 3.40. The molecule has 0 saturated heterocycles. The maximum Gasteiger partial charge on any atom is 0.146 e. The Morgan fingerprint density at radius 3 is 2.67 bits per heavy atom. The molecule has 12 heavy (non-hydrogen) atoms. The van der Waals surface area contributed by atoms with Crippen LogP contribution in [-0.2, 0) is 4.79 Å². The van der Waals surface area contributed by atoms with E-state index >= 15 is 0 Å². The number of allylic oxidation sites excluding steroid dienone is 1. The van der Waals surface area contributed by atoms with Gasteiger partial charge < -0.3 is 5.11 Å². The first-order valence-electron chi connectivity index (χ1n) is 4.40. The molecule has 0 saturated carbocycles. The molecule has 1 aliphatic rings. The normalized spacial score (nSPS) is 22.6. The van der Waals surface area contributed by atoms with Gasteiger partial charge in [0, 0.05) is 0 Å². The molecule has 0 aromatic carbocycles. The van der Waals surface area contributed by atoms with Crippen molar-refractivity contribution in [3.8, 4) is 0 Å². The highest BCUT2D eigenvalue weighted by Crippen LogP contribution is 2.38. The molecular weight excluding hydrogens is 152 g/mol. The first kappa shape index (κ1) is 9.46. The molecule has 1 N–H and O–H groups in total. The van der Waals surface area contributed by atoms with E-state index < -0.39 is 0 Å². The fraction of sp³-hybridized carbons (Fsp3) is 0.700. The van der Waals surface area contributed by atoms with Gasteiger partial charge in [0.2, 0.25) is 0 Å². The Balaban J connectivity index is 3.02. The van der Waals surface area contributed by atoms with Crippen LogP contribution in [0.4, 0.5) is 0 Å². The minimum atomic E-state index is -0.0297. The number of aldehydes is 1. The van der Waals surface area contributed by atoms with Gasteiger partial charge in [0.25, 0.3) is 0 Å². The van der Waals surface area contributed by atoms with Crippen molar-refractivity contribution < 1.29 is 9.90 Å². The lowest BCUT2D eigenvalue weighted by atomic mass is 9.73. The van der Waals surface area contributed by atoms with Gasteiger partial charge in [-0.25, -0.2) is 0 Å². The Morgan fingerprint density at radius 2 is 2.25 bits per heavy atom. The summed E-state index contributed by atoms with van der Waals surface area (Å²) in [6.07, 6.45) is 3.92. The summed E-state index contributed by atoms with van der Waals surface area (Å²) in [5.74, 6) is 0. The van der Waals surface area contributed by atoms with E-state index in [1.165, 1.54) is 0 Å². The van der Waals surface area contributed by atoms with Crippen molar-refractivity contribution in [1.82, 2.24) is 0 Å². The number of hydrogen-bond acceptors (Lipinski definition) is 2. The van der Waals surface area contributed by atoms with Gasteiger partial charge in [0.1, 0.15) is 6.29 Å². The van der Waals surface area contributed by atoms with E-state index in [0.717, 1.165) is 36.7 Å². The van der Waals surface area contributed by atoms with E-state index in [2.05, 4.69) is 13.8 Å². The van der Waals surface area contributed by atoms with Gasteiger partial charge in [-0.15, -0.1) is 0 Å². The third-order valence-corrected chi connectivity index (χ3v) is 2.70. The predicted octanol–water partition coefficient (Wildman–Crippen LogP) is 1.68. The lowest BCUT2D eigenvalue weighted by molar-refractivity contribution is -0.106. The van der Waals surface area contributed by atoms with Gasteiger partial charge in [0.15, 0.2) is 0 Å². The van der Waals surface area contributed by atoms with E-state index in [1.54, 1.807) is 0 Å². The van der Waals surface area contributed by atoms with Crippen molar-refractivity contribution in [2.45, 2.75) is 33.1 Å². The second-order valence-electron chi connectivity index (χ2n) is 4.03. The maximum absolute atomic E-state index is 10.8. The number of aliphatic hydroxyl groups excluding tert-OH is 1. The average molecular weight is 168 g/mol. The molecule has 0 radical (unpaired) electrons. The minimum absolute atomic E-state index is 0.0297. The van der Waals surface area contributed by atoms with Crippen LogP contribution >= 0.6 is 0 Å². The molecule has 2 nitrogen and oxygen atoms in total. The lowest BCUT2D eigenvalue weighted by Gasteiger charge is -2.31. The Hall–Kier alpha value is -0.630. The molecular formula is C10H16O2.